The lowest BCUT2D eigenvalue weighted by atomic mass is 10.2. The predicted octanol–water partition coefficient (Wildman–Crippen LogP) is 0.832. The molecule has 0 aromatic rings. The van der Waals surface area contributed by atoms with Crippen molar-refractivity contribution >= 4 is 10.2 Å². The van der Waals surface area contributed by atoms with Gasteiger partial charge in [0, 0.05) is 10.2 Å². The highest BCUT2D eigenvalue weighted by Gasteiger charge is 2.06. The van der Waals surface area contributed by atoms with Gasteiger partial charge in [-0.05, 0) is 12.8 Å². The Hall–Kier alpha value is -0.303. The van der Waals surface area contributed by atoms with E-state index in [1.54, 1.807) is 5.20 Å². The van der Waals surface area contributed by atoms with E-state index in [-0.39, 0.29) is 0 Å². The molecule has 0 amide bonds. The second-order valence-corrected chi connectivity index (χ2v) is 3.59. The topological polar surface area (TPSA) is 0 Å². The van der Waals surface area contributed by atoms with Crippen molar-refractivity contribution in [3.05, 3.63) is 22.9 Å². The SMILES string of the molecule is CC1=C([SiH3])C(C)C=C1. The molecule has 0 fully saturated rings. The number of rotatable bonds is 0. The average molecular weight is 124 g/mol. The van der Waals surface area contributed by atoms with E-state index in [2.05, 4.69) is 26.0 Å². The highest BCUT2D eigenvalue weighted by molar-refractivity contribution is 6.23. The zero-order valence-corrected chi connectivity index (χ0v) is 7.73. The summed E-state index contributed by atoms with van der Waals surface area (Å²) < 4.78 is 0. The molecule has 0 N–H and O–H groups in total. The standard InChI is InChI=1S/C7H12Si/c1-5-3-4-6(2)7(5)8/h3-5H,1-2,8H3. The lowest BCUT2D eigenvalue weighted by molar-refractivity contribution is 0.932. The van der Waals surface area contributed by atoms with E-state index in [9.17, 15) is 0 Å². The molecule has 0 saturated carbocycles. The average Bonchev–Trinajstić information content (AvgIpc) is 1.98. The lowest BCUT2D eigenvalue weighted by Crippen LogP contribution is -1.90. The van der Waals surface area contributed by atoms with Crippen LogP contribution in [-0.2, 0) is 0 Å². The minimum atomic E-state index is 0.752. The monoisotopic (exact) mass is 124 g/mol. The summed E-state index contributed by atoms with van der Waals surface area (Å²) in [6.07, 6.45) is 4.50. The second-order valence-electron chi connectivity index (χ2n) is 2.51. The molecule has 44 valence electrons. The molecule has 1 atom stereocenters. The van der Waals surface area contributed by atoms with Crippen LogP contribution in [0.4, 0.5) is 0 Å². The van der Waals surface area contributed by atoms with Gasteiger partial charge in [0.15, 0.2) is 0 Å². The van der Waals surface area contributed by atoms with Gasteiger partial charge >= 0.3 is 0 Å². The van der Waals surface area contributed by atoms with Gasteiger partial charge in [-0.15, -0.1) is 0 Å². The minimum Gasteiger partial charge on any atom is -0.0825 e. The van der Waals surface area contributed by atoms with Crippen LogP contribution in [-0.4, -0.2) is 10.2 Å². The fraction of sp³-hybridized carbons (Fsp3) is 0.429. The first-order valence-corrected chi connectivity index (χ1v) is 4.07. The third-order valence-electron chi connectivity index (χ3n) is 1.94. The van der Waals surface area contributed by atoms with Gasteiger partial charge in [0.05, 0.1) is 0 Å². The molecular weight excluding hydrogens is 112 g/mol. The first-order chi connectivity index (χ1) is 3.72. The van der Waals surface area contributed by atoms with Crippen LogP contribution >= 0.6 is 0 Å². The zero-order chi connectivity index (χ0) is 6.15. The molecule has 1 unspecified atom stereocenters. The van der Waals surface area contributed by atoms with Crippen LogP contribution in [0.5, 0.6) is 0 Å². The number of hydrogen-bond donors (Lipinski definition) is 0. The van der Waals surface area contributed by atoms with E-state index < -0.39 is 0 Å². The van der Waals surface area contributed by atoms with Crippen LogP contribution in [0.25, 0.3) is 0 Å². The van der Waals surface area contributed by atoms with Gasteiger partial charge in [0.1, 0.15) is 0 Å². The van der Waals surface area contributed by atoms with E-state index >= 15 is 0 Å². The Balaban J connectivity index is 2.85. The third kappa shape index (κ3) is 0.780. The molecular formula is C7H12Si. The summed E-state index contributed by atoms with van der Waals surface area (Å²) in [6.45, 7) is 4.46. The second kappa shape index (κ2) is 1.90. The molecule has 0 heterocycles. The Morgan fingerprint density at radius 1 is 1.62 bits per heavy atom. The molecule has 0 aromatic carbocycles. The van der Waals surface area contributed by atoms with E-state index in [1.165, 1.54) is 15.8 Å². The van der Waals surface area contributed by atoms with Crippen molar-refractivity contribution in [3.8, 4) is 0 Å². The quantitative estimate of drug-likeness (QED) is 0.420. The van der Waals surface area contributed by atoms with Crippen molar-refractivity contribution in [3.63, 3.8) is 0 Å². The molecule has 1 aliphatic rings. The molecule has 8 heavy (non-hydrogen) atoms. The maximum absolute atomic E-state index is 2.28. The van der Waals surface area contributed by atoms with Gasteiger partial charge in [-0.25, -0.2) is 0 Å². The van der Waals surface area contributed by atoms with Crippen LogP contribution in [0.2, 0.25) is 0 Å². The minimum absolute atomic E-state index is 0.752. The smallest absolute Gasteiger partial charge is 0.0344 e. The Morgan fingerprint density at radius 2 is 2.25 bits per heavy atom. The maximum Gasteiger partial charge on any atom is 0.0344 e. The van der Waals surface area contributed by atoms with Gasteiger partial charge in [-0.1, -0.05) is 29.8 Å². The van der Waals surface area contributed by atoms with E-state index in [4.69, 9.17) is 0 Å². The van der Waals surface area contributed by atoms with Crippen molar-refractivity contribution in [2.75, 3.05) is 0 Å². The van der Waals surface area contributed by atoms with Crippen LogP contribution in [0, 0.1) is 5.92 Å². The molecule has 1 aliphatic carbocycles. The van der Waals surface area contributed by atoms with Crippen LogP contribution in [0.3, 0.4) is 0 Å². The largest absolute Gasteiger partial charge is 0.0825 e. The molecule has 0 bridgehead atoms. The van der Waals surface area contributed by atoms with Gasteiger partial charge < -0.3 is 0 Å². The van der Waals surface area contributed by atoms with Crippen molar-refractivity contribution < 1.29 is 0 Å². The van der Waals surface area contributed by atoms with E-state index in [1.807, 2.05) is 0 Å². The Labute approximate surface area is 53.7 Å². The highest BCUT2D eigenvalue weighted by Crippen LogP contribution is 2.20. The maximum atomic E-state index is 2.28. The van der Waals surface area contributed by atoms with Gasteiger partial charge in [0.2, 0.25) is 0 Å². The highest BCUT2D eigenvalue weighted by atomic mass is 28.1. The molecule has 1 heteroatoms. The van der Waals surface area contributed by atoms with Crippen molar-refractivity contribution in [2.45, 2.75) is 13.8 Å². The summed E-state index contributed by atoms with van der Waals surface area (Å²) in [5, 5.41) is 1.66. The van der Waals surface area contributed by atoms with Crippen molar-refractivity contribution in [1.82, 2.24) is 0 Å². The third-order valence-corrected chi connectivity index (χ3v) is 3.64. The summed E-state index contributed by atoms with van der Waals surface area (Å²) >= 11 is 0. The van der Waals surface area contributed by atoms with E-state index in [0.29, 0.717) is 0 Å². The molecule has 0 aromatic heterocycles. The summed E-state index contributed by atoms with van der Waals surface area (Å²) in [7, 11) is 1.24. The van der Waals surface area contributed by atoms with Crippen LogP contribution < -0.4 is 0 Å². The first kappa shape index (κ1) is 5.83. The Kier molecular flexibility index (Phi) is 1.38. The Morgan fingerprint density at radius 3 is 2.38 bits per heavy atom. The summed E-state index contributed by atoms with van der Waals surface area (Å²) in [5.41, 5.74) is 1.50. The van der Waals surface area contributed by atoms with E-state index in [0.717, 1.165) is 5.92 Å². The molecule has 0 saturated heterocycles. The predicted molar refractivity (Wildman–Crippen MR) is 40.9 cm³/mol. The fourth-order valence-corrected chi connectivity index (χ4v) is 1.28. The van der Waals surface area contributed by atoms with Gasteiger partial charge in [-0.3, -0.25) is 0 Å². The normalized spacial score (nSPS) is 28.0. The van der Waals surface area contributed by atoms with Crippen LogP contribution in [0.1, 0.15) is 13.8 Å². The molecule has 0 spiro atoms. The first-order valence-electron chi connectivity index (χ1n) is 3.07. The van der Waals surface area contributed by atoms with Crippen LogP contribution in [0.15, 0.2) is 22.9 Å². The zero-order valence-electron chi connectivity index (χ0n) is 5.73. The Bertz CT molecular complexity index is 154. The summed E-state index contributed by atoms with van der Waals surface area (Å²) in [4.78, 5) is 0. The lowest BCUT2D eigenvalue weighted by Gasteiger charge is -1.99. The number of allylic oxidation sites excluding steroid dienone is 4. The van der Waals surface area contributed by atoms with Crippen molar-refractivity contribution in [1.29, 1.82) is 0 Å². The fourth-order valence-electron chi connectivity index (χ4n) is 0.924. The van der Waals surface area contributed by atoms with Crippen molar-refractivity contribution in [2.24, 2.45) is 5.92 Å². The van der Waals surface area contributed by atoms with Gasteiger partial charge in [0.25, 0.3) is 0 Å². The summed E-state index contributed by atoms with van der Waals surface area (Å²) in [5.74, 6) is 0.752. The molecule has 0 aliphatic heterocycles. The summed E-state index contributed by atoms with van der Waals surface area (Å²) in [6, 6.07) is 0. The number of hydrogen-bond acceptors (Lipinski definition) is 0. The van der Waals surface area contributed by atoms with Gasteiger partial charge in [-0.2, -0.15) is 0 Å². The molecule has 0 nitrogen and oxygen atoms in total. The molecule has 0 radical (unpaired) electrons. The molecule has 1 rings (SSSR count).